The van der Waals surface area contributed by atoms with Crippen LogP contribution in [0.2, 0.25) is 5.82 Å². The molecule has 314 valence electrons. The second-order valence-corrected chi connectivity index (χ2v) is 22.7. The minimum Gasteiger partial charge on any atom is -0.309 e. The molecule has 0 saturated heterocycles. The molecule has 3 unspecified atom stereocenters. The van der Waals surface area contributed by atoms with E-state index in [2.05, 4.69) is 251 Å². The molecule has 7 heteroatoms. The zero-order valence-corrected chi connectivity index (χ0v) is 38.2. The first-order chi connectivity index (χ1) is 33.2. The van der Waals surface area contributed by atoms with Gasteiger partial charge in [-0.2, -0.15) is 0 Å². The molecule has 3 atom stereocenters. The fourth-order valence-electron chi connectivity index (χ4n) is 11.7. The van der Waals surface area contributed by atoms with Crippen LogP contribution in [0.25, 0.3) is 27.5 Å². The van der Waals surface area contributed by atoms with Crippen molar-refractivity contribution >= 4 is 115 Å². The van der Waals surface area contributed by atoms with Crippen LogP contribution in [0, 0.1) is 0 Å². The summed E-state index contributed by atoms with van der Waals surface area (Å²) in [5.41, 5.74) is 12.2. The van der Waals surface area contributed by atoms with E-state index in [9.17, 15) is 0 Å². The molecule has 3 aliphatic heterocycles. The van der Waals surface area contributed by atoms with Gasteiger partial charge in [-0.05, 0) is 96.5 Å². The summed E-state index contributed by atoms with van der Waals surface area (Å²) in [7, 11) is -4.28. The van der Waals surface area contributed by atoms with Gasteiger partial charge in [0.2, 0.25) is 6.71 Å². The van der Waals surface area contributed by atoms with Crippen molar-refractivity contribution in [2.24, 2.45) is 0 Å². The lowest BCUT2D eigenvalue weighted by Gasteiger charge is -2.42. The molecule has 0 radical (unpaired) electrons. The largest absolute Gasteiger partial charge is 0.309 e. The Morgan fingerprint density at radius 1 is 0.507 bits per heavy atom. The molecule has 1 aliphatic carbocycles. The molecule has 0 N–H and O–H groups in total. The highest BCUT2D eigenvalue weighted by molar-refractivity contribution is 7.84. The highest BCUT2D eigenvalue weighted by Gasteiger charge is 2.56. The number of hydrogen-bond donors (Lipinski definition) is 0. The van der Waals surface area contributed by atoms with Crippen molar-refractivity contribution in [3.63, 3.8) is 0 Å². The Labute approximate surface area is 391 Å². The fourth-order valence-corrected chi connectivity index (χ4v) is 18.0. The molecule has 4 heterocycles. The topological polar surface area (TPSA) is 28.5 Å². The van der Waals surface area contributed by atoms with Crippen LogP contribution in [0.4, 0.5) is 34.1 Å². The highest BCUT2D eigenvalue weighted by atomic mass is 31.2. The minimum absolute atomic E-state index is 0.00936. The van der Waals surface area contributed by atoms with Gasteiger partial charge in [-0.1, -0.05) is 157 Å². The summed E-state index contributed by atoms with van der Waals surface area (Å²) >= 11 is 0. The molecule has 67 heavy (non-hydrogen) atoms. The van der Waals surface area contributed by atoms with Crippen molar-refractivity contribution < 1.29 is 4.57 Å². The molecule has 4 aliphatic rings. The lowest BCUT2D eigenvalue weighted by molar-refractivity contribution is 0.590. The van der Waals surface area contributed by atoms with Crippen LogP contribution < -0.4 is 41.9 Å². The normalized spacial score (nSPS) is 18.2. The number of rotatable bonds is 5. The summed E-state index contributed by atoms with van der Waals surface area (Å²) in [6, 6.07) is 80.9. The van der Waals surface area contributed by atoms with Crippen LogP contribution in [0.15, 0.2) is 248 Å². The number of nitrogens with zero attached hydrogens (tertiary/aromatic N) is 3. The average molecular weight is 893 g/mol. The van der Waals surface area contributed by atoms with Crippen LogP contribution >= 0.6 is 14.7 Å². The Balaban J connectivity index is 1.09. The maximum absolute atomic E-state index is 17.1. The van der Waals surface area contributed by atoms with Gasteiger partial charge in [0.25, 0.3) is 0 Å². The molecule has 1 aromatic heterocycles. The number of aromatic nitrogens is 1. The van der Waals surface area contributed by atoms with Crippen LogP contribution in [0.5, 0.6) is 0 Å². The van der Waals surface area contributed by atoms with Gasteiger partial charge in [-0.25, -0.2) is 0 Å². The van der Waals surface area contributed by atoms with E-state index >= 15 is 4.57 Å². The Bertz CT molecular complexity index is 3810. The first-order valence-electron chi connectivity index (χ1n) is 23.0. The Hall–Kier alpha value is -7.68. The molecule has 0 saturated carbocycles. The number of para-hydroxylation sites is 5. The monoisotopic (exact) mass is 892 g/mol. The van der Waals surface area contributed by atoms with Gasteiger partial charge >= 0.3 is 0 Å². The van der Waals surface area contributed by atoms with E-state index in [-0.39, 0.29) is 12.5 Å². The molecule has 10 aromatic rings. The number of benzene rings is 9. The van der Waals surface area contributed by atoms with Crippen LogP contribution in [0.3, 0.4) is 0 Å². The Morgan fingerprint density at radius 3 is 1.90 bits per heavy atom. The first kappa shape index (κ1) is 38.6. The second-order valence-electron chi connectivity index (χ2n) is 17.8. The molecule has 9 aromatic carbocycles. The summed E-state index contributed by atoms with van der Waals surface area (Å²) in [5.74, 6) is -0.0284. The van der Waals surface area contributed by atoms with Gasteiger partial charge in [0.1, 0.15) is 10.6 Å². The van der Waals surface area contributed by atoms with Crippen LogP contribution in [-0.4, -0.2) is 16.6 Å². The van der Waals surface area contributed by atoms with Gasteiger partial charge in [0.05, 0.1) is 33.8 Å². The van der Waals surface area contributed by atoms with E-state index in [0.717, 1.165) is 83.0 Å². The van der Waals surface area contributed by atoms with Crippen molar-refractivity contribution in [1.82, 2.24) is 4.57 Å². The molecule has 14 rings (SSSR count). The molecule has 0 spiro atoms. The molecule has 4 nitrogen and oxygen atoms in total. The molecule has 0 amide bonds. The van der Waals surface area contributed by atoms with Crippen molar-refractivity contribution in [1.29, 1.82) is 0 Å². The molecule has 0 fully saturated rings. The van der Waals surface area contributed by atoms with E-state index in [1.807, 2.05) is 6.07 Å². The zero-order chi connectivity index (χ0) is 44.2. The van der Waals surface area contributed by atoms with Crippen molar-refractivity contribution in [2.75, 3.05) is 9.80 Å². The molecular weight excluding hydrogens is 851 g/mol. The lowest BCUT2D eigenvalue weighted by Crippen LogP contribution is -2.62. The predicted molar refractivity (Wildman–Crippen MR) is 287 cm³/mol. The van der Waals surface area contributed by atoms with Crippen LogP contribution in [0.1, 0.15) is 0 Å². The summed E-state index contributed by atoms with van der Waals surface area (Å²) in [6.07, 6.45) is 6.74. The fraction of sp³-hybridized carbons (Fsp3) is 0.0167. The smallest absolute Gasteiger partial charge is 0.232 e. The lowest BCUT2D eigenvalue weighted by atomic mass is 9.32. The summed E-state index contributed by atoms with van der Waals surface area (Å²) in [4.78, 5) is 4.85. The number of hydrogen-bond acceptors (Lipinski definition) is 3. The van der Waals surface area contributed by atoms with Crippen LogP contribution in [-0.2, 0) is 4.57 Å². The van der Waals surface area contributed by atoms with Crippen molar-refractivity contribution in [3.8, 4) is 5.69 Å². The quantitative estimate of drug-likeness (QED) is 0.127. The second kappa shape index (κ2) is 14.9. The van der Waals surface area contributed by atoms with Crippen molar-refractivity contribution in [2.45, 2.75) is 5.82 Å². The number of fused-ring (bicyclic) bond motifs is 10. The van der Waals surface area contributed by atoms with Gasteiger partial charge in [-0.15, -0.1) is 0 Å². The standard InChI is InChI=1S/C60H41BN3OP2/c65-67(45-26-11-4-12-27-45)56-35-19-34-55-58(56)61(48-29-14-18-33-54(48)66(55)44-24-9-3-10-25-44)49-38-36-43(40-57(49)67)64-50-30-15-13-28-46(50)47-37-39-53-60(59(47)64)63(42-22-7-2-8-23-42)52-32-17-16-31-51(52)62(53)41-20-5-1-6-21-41/h1-40,58H/q+1. The molecular formula is C60H41BN3OP2+. The Kier molecular flexibility index (Phi) is 8.59. The highest BCUT2D eigenvalue weighted by Crippen LogP contribution is 2.63. The van der Waals surface area contributed by atoms with E-state index in [4.69, 9.17) is 0 Å². The number of allylic oxidation sites excluding steroid dienone is 4. The summed E-state index contributed by atoms with van der Waals surface area (Å²) in [6.45, 7) is 0.00936. The third-order valence-electron chi connectivity index (χ3n) is 14.4. The van der Waals surface area contributed by atoms with E-state index in [1.165, 1.54) is 21.4 Å². The third kappa shape index (κ3) is 5.51. The van der Waals surface area contributed by atoms with E-state index in [1.54, 1.807) is 0 Å². The van der Waals surface area contributed by atoms with Gasteiger partial charge < -0.3 is 18.9 Å². The third-order valence-corrected chi connectivity index (χ3v) is 20.3. The summed E-state index contributed by atoms with van der Waals surface area (Å²) in [5, 5.41) is 9.24. The van der Waals surface area contributed by atoms with E-state index in [0.29, 0.717) is 0 Å². The van der Waals surface area contributed by atoms with Crippen molar-refractivity contribution in [3.05, 3.63) is 248 Å². The predicted octanol–water partition coefficient (Wildman–Crippen LogP) is 12.4. The van der Waals surface area contributed by atoms with Gasteiger partial charge in [0.15, 0.2) is 20.0 Å². The number of anilines is 6. The maximum atomic E-state index is 17.1. The first-order valence-corrected chi connectivity index (χ1v) is 26.1. The van der Waals surface area contributed by atoms with Gasteiger partial charge in [-0.3, -0.25) is 0 Å². The SMILES string of the molecule is O=P1(c2ccccc2)C2=CC=CC3=[P+](c4ccccc4)c4ccccc4B(c4ccc(-n5c6ccccc6c6ccc7c(c65)N(c5ccccc5)c5ccccc5N7c5ccccc5)cc41)C23. The molecule has 0 bridgehead atoms. The minimum atomic E-state index is -3.43. The van der Waals surface area contributed by atoms with E-state index < -0.39 is 14.7 Å². The van der Waals surface area contributed by atoms with Gasteiger partial charge in [0, 0.05) is 49.6 Å². The zero-order valence-electron chi connectivity index (χ0n) is 36.4. The average Bonchev–Trinajstić information content (AvgIpc) is 3.74. The maximum Gasteiger partial charge on any atom is 0.232 e. The summed E-state index contributed by atoms with van der Waals surface area (Å²) < 4.78 is 19.6. The Morgan fingerprint density at radius 2 is 1.13 bits per heavy atom.